The second kappa shape index (κ2) is 10.1. The Morgan fingerprint density at radius 1 is 1.00 bits per heavy atom. The molecule has 2 atom stereocenters. The summed E-state index contributed by atoms with van der Waals surface area (Å²) < 4.78 is 12.1. The smallest absolute Gasteiger partial charge is 0.196 e. The van der Waals surface area contributed by atoms with Crippen LogP contribution in [0.2, 0.25) is 0 Å². The highest BCUT2D eigenvalue weighted by atomic mass is 16.7. The van der Waals surface area contributed by atoms with Crippen molar-refractivity contribution in [2.75, 3.05) is 6.61 Å². The van der Waals surface area contributed by atoms with Crippen molar-refractivity contribution in [3.8, 4) is 5.75 Å². The molecular formula is C26H44O2. The Morgan fingerprint density at radius 2 is 1.68 bits per heavy atom. The van der Waals surface area contributed by atoms with Crippen molar-refractivity contribution in [3.05, 3.63) is 29.8 Å². The molecule has 0 N–H and O–H groups in total. The van der Waals surface area contributed by atoms with Gasteiger partial charge >= 0.3 is 0 Å². The van der Waals surface area contributed by atoms with Gasteiger partial charge in [-0.15, -0.1) is 0 Å². The van der Waals surface area contributed by atoms with Gasteiger partial charge in [-0.3, -0.25) is 0 Å². The fourth-order valence-corrected chi connectivity index (χ4v) is 4.44. The van der Waals surface area contributed by atoms with Crippen LogP contribution in [0.5, 0.6) is 5.75 Å². The van der Waals surface area contributed by atoms with Gasteiger partial charge in [-0.05, 0) is 60.1 Å². The molecule has 1 aromatic carbocycles. The van der Waals surface area contributed by atoms with E-state index in [4.69, 9.17) is 9.47 Å². The molecule has 0 radical (unpaired) electrons. The maximum absolute atomic E-state index is 6.12. The lowest BCUT2D eigenvalue weighted by Crippen LogP contribution is -2.24. The van der Waals surface area contributed by atoms with Crippen LogP contribution in [-0.4, -0.2) is 12.9 Å². The second-order valence-corrected chi connectivity index (χ2v) is 11.1. The molecule has 0 aliphatic heterocycles. The Bertz CT molecular complexity index is 573. The minimum atomic E-state index is -0.199. The number of hydrogen-bond donors (Lipinski definition) is 0. The van der Waals surface area contributed by atoms with E-state index in [2.05, 4.69) is 65.8 Å². The predicted molar refractivity (Wildman–Crippen MR) is 120 cm³/mol. The van der Waals surface area contributed by atoms with Crippen LogP contribution in [0.3, 0.4) is 0 Å². The molecule has 28 heavy (non-hydrogen) atoms. The van der Waals surface area contributed by atoms with E-state index in [1.165, 1.54) is 44.1 Å². The number of rotatable bonds is 8. The minimum absolute atomic E-state index is 0.199. The zero-order chi connectivity index (χ0) is 20.8. The number of hydrogen-bond acceptors (Lipinski definition) is 2. The molecule has 1 fully saturated rings. The third kappa shape index (κ3) is 8.15. The average Bonchev–Trinajstić information content (AvgIpc) is 2.59. The van der Waals surface area contributed by atoms with Gasteiger partial charge in [0.15, 0.2) is 6.29 Å². The summed E-state index contributed by atoms with van der Waals surface area (Å²) in [5.41, 5.74) is 1.88. The van der Waals surface area contributed by atoms with Gasteiger partial charge in [-0.25, -0.2) is 0 Å². The average molecular weight is 389 g/mol. The van der Waals surface area contributed by atoms with E-state index in [1.807, 2.05) is 6.92 Å². The van der Waals surface area contributed by atoms with Crippen LogP contribution in [0.25, 0.3) is 0 Å². The topological polar surface area (TPSA) is 18.5 Å². The van der Waals surface area contributed by atoms with Crippen LogP contribution in [0, 0.1) is 16.7 Å². The largest absolute Gasteiger partial charge is 0.465 e. The summed E-state index contributed by atoms with van der Waals surface area (Å²) in [6.07, 6.45) is 9.09. The van der Waals surface area contributed by atoms with E-state index in [9.17, 15) is 0 Å². The molecule has 1 saturated carbocycles. The molecule has 1 aromatic rings. The molecule has 0 bridgehead atoms. The zero-order valence-electron chi connectivity index (χ0n) is 19.5. The van der Waals surface area contributed by atoms with Gasteiger partial charge in [0, 0.05) is 0 Å². The van der Waals surface area contributed by atoms with E-state index >= 15 is 0 Å². The van der Waals surface area contributed by atoms with Gasteiger partial charge in [-0.1, -0.05) is 85.8 Å². The van der Waals surface area contributed by atoms with Crippen LogP contribution in [0.4, 0.5) is 0 Å². The van der Waals surface area contributed by atoms with Crippen molar-refractivity contribution in [2.24, 2.45) is 16.7 Å². The SMILES string of the molecule is CC(OCCC1CCCCC1)Oc1cccc(C(CC(C)(C)C)C(C)(C)C)c1. The van der Waals surface area contributed by atoms with E-state index in [1.54, 1.807) is 0 Å². The van der Waals surface area contributed by atoms with E-state index in [0.29, 0.717) is 11.3 Å². The first kappa shape index (κ1) is 23.3. The van der Waals surface area contributed by atoms with Crippen molar-refractivity contribution in [1.82, 2.24) is 0 Å². The molecule has 2 unspecified atom stereocenters. The highest BCUT2D eigenvalue weighted by molar-refractivity contribution is 5.32. The number of ether oxygens (including phenoxy) is 2. The Morgan fingerprint density at radius 3 is 2.29 bits per heavy atom. The van der Waals surface area contributed by atoms with Gasteiger partial charge in [-0.2, -0.15) is 0 Å². The van der Waals surface area contributed by atoms with Crippen molar-refractivity contribution in [1.29, 1.82) is 0 Å². The van der Waals surface area contributed by atoms with E-state index < -0.39 is 0 Å². The molecule has 0 amide bonds. The van der Waals surface area contributed by atoms with Gasteiger partial charge in [0.05, 0.1) is 6.61 Å². The monoisotopic (exact) mass is 388 g/mol. The van der Waals surface area contributed by atoms with Crippen molar-refractivity contribution < 1.29 is 9.47 Å². The molecule has 2 heteroatoms. The van der Waals surface area contributed by atoms with Crippen LogP contribution < -0.4 is 4.74 Å². The predicted octanol–water partition coefficient (Wildman–Crippen LogP) is 7.96. The molecule has 1 aliphatic rings. The Balaban J connectivity index is 1.93. The van der Waals surface area contributed by atoms with Gasteiger partial charge in [0.25, 0.3) is 0 Å². The van der Waals surface area contributed by atoms with Gasteiger partial charge in [0.2, 0.25) is 0 Å². The Kier molecular flexibility index (Phi) is 8.43. The zero-order valence-corrected chi connectivity index (χ0v) is 19.5. The molecule has 2 rings (SSSR count). The fraction of sp³-hybridized carbons (Fsp3) is 0.769. The molecule has 160 valence electrons. The molecule has 1 aliphatic carbocycles. The standard InChI is InChI=1S/C26H44O2/c1-20(27-17-16-21-12-9-8-10-13-21)28-23-15-11-14-22(18-23)24(26(5,6)7)19-25(2,3)4/h11,14-15,18,20-21,24H,8-10,12-13,16-17,19H2,1-7H3. The first-order valence-electron chi connectivity index (χ1n) is 11.4. The van der Waals surface area contributed by atoms with Crippen LogP contribution >= 0.6 is 0 Å². The molecule has 0 aromatic heterocycles. The summed E-state index contributed by atoms with van der Waals surface area (Å²) in [6.45, 7) is 16.8. The maximum atomic E-state index is 6.12. The molecule has 2 nitrogen and oxygen atoms in total. The Labute approximate surface area is 174 Å². The fourth-order valence-electron chi connectivity index (χ4n) is 4.44. The van der Waals surface area contributed by atoms with Gasteiger partial charge in [0.1, 0.15) is 5.75 Å². The lowest BCUT2D eigenvalue weighted by atomic mass is 9.69. The molecule has 0 saturated heterocycles. The lowest BCUT2D eigenvalue weighted by molar-refractivity contribution is -0.0711. The van der Waals surface area contributed by atoms with Gasteiger partial charge < -0.3 is 9.47 Å². The highest BCUT2D eigenvalue weighted by Gasteiger charge is 2.30. The van der Waals surface area contributed by atoms with Crippen LogP contribution in [0.1, 0.15) is 105 Å². The third-order valence-electron chi connectivity index (χ3n) is 6.03. The van der Waals surface area contributed by atoms with Crippen molar-refractivity contribution in [2.45, 2.75) is 106 Å². The summed E-state index contributed by atoms with van der Waals surface area (Å²) in [5.74, 6) is 2.28. The first-order chi connectivity index (χ1) is 13.0. The summed E-state index contributed by atoms with van der Waals surface area (Å²) >= 11 is 0. The van der Waals surface area contributed by atoms with E-state index in [0.717, 1.165) is 24.7 Å². The molecule has 0 heterocycles. The third-order valence-corrected chi connectivity index (χ3v) is 6.03. The Hall–Kier alpha value is -1.02. The van der Waals surface area contributed by atoms with Crippen molar-refractivity contribution >= 4 is 0 Å². The normalized spacial score (nSPS) is 18.7. The summed E-state index contributed by atoms with van der Waals surface area (Å²) in [5, 5.41) is 0. The highest BCUT2D eigenvalue weighted by Crippen LogP contribution is 2.43. The lowest BCUT2D eigenvalue weighted by Gasteiger charge is -2.36. The van der Waals surface area contributed by atoms with Crippen molar-refractivity contribution in [3.63, 3.8) is 0 Å². The second-order valence-electron chi connectivity index (χ2n) is 11.1. The summed E-state index contributed by atoms with van der Waals surface area (Å²) in [4.78, 5) is 0. The molecule has 0 spiro atoms. The summed E-state index contributed by atoms with van der Waals surface area (Å²) in [7, 11) is 0. The van der Waals surface area contributed by atoms with Crippen LogP contribution in [-0.2, 0) is 4.74 Å². The van der Waals surface area contributed by atoms with Crippen LogP contribution in [0.15, 0.2) is 24.3 Å². The number of benzene rings is 1. The summed E-state index contributed by atoms with van der Waals surface area (Å²) in [6, 6.07) is 8.66. The molecular weight excluding hydrogens is 344 g/mol. The maximum Gasteiger partial charge on any atom is 0.196 e. The van der Waals surface area contributed by atoms with E-state index in [-0.39, 0.29) is 11.7 Å². The minimum Gasteiger partial charge on any atom is -0.465 e. The first-order valence-corrected chi connectivity index (χ1v) is 11.4. The quantitative estimate of drug-likeness (QED) is 0.420.